The van der Waals surface area contributed by atoms with Gasteiger partial charge in [0.1, 0.15) is 5.78 Å². The number of carboxylic acid groups (broad SMARTS) is 1. The van der Waals surface area contributed by atoms with Crippen molar-refractivity contribution in [1.82, 2.24) is 0 Å². The Morgan fingerprint density at radius 2 is 2.08 bits per heavy atom. The molecule has 140 valence electrons. The summed E-state index contributed by atoms with van der Waals surface area (Å²) in [5, 5.41) is 18.6. The standard InChI is InChI=1S/C21H32O4/c1-3-5-10-17(22)13-14-18-16(4-2)15-20(23)19(18)11-8-6-7-9-12-21(24)25/h3,5-6,8,13-14,16-19,22H,4,7,9-12,15H2,1-2H3,(H,24,25)/b5-3-,8-6+,14-13-. The van der Waals surface area contributed by atoms with Crippen molar-refractivity contribution in [3.63, 3.8) is 0 Å². The molecule has 4 heteroatoms. The lowest BCUT2D eigenvalue weighted by atomic mass is 9.85. The first-order chi connectivity index (χ1) is 12.0. The van der Waals surface area contributed by atoms with Crippen molar-refractivity contribution >= 4 is 11.8 Å². The summed E-state index contributed by atoms with van der Waals surface area (Å²) in [6, 6.07) is 0. The Bertz CT molecular complexity index is 504. The molecule has 4 unspecified atom stereocenters. The molecule has 0 aliphatic heterocycles. The number of carboxylic acids is 1. The minimum absolute atomic E-state index is 0.0224. The van der Waals surface area contributed by atoms with Gasteiger partial charge in [0, 0.05) is 18.8 Å². The van der Waals surface area contributed by atoms with Gasteiger partial charge in [0.05, 0.1) is 6.10 Å². The van der Waals surface area contributed by atoms with Crippen LogP contribution in [0.25, 0.3) is 0 Å². The Kier molecular flexibility index (Phi) is 10.1. The van der Waals surface area contributed by atoms with Crippen LogP contribution in [0.2, 0.25) is 0 Å². The number of carbonyl (C=O) groups is 2. The average Bonchev–Trinajstić information content (AvgIpc) is 2.89. The predicted octanol–water partition coefficient (Wildman–Crippen LogP) is 4.30. The zero-order valence-corrected chi connectivity index (χ0v) is 15.4. The molecule has 0 heterocycles. The van der Waals surface area contributed by atoms with Gasteiger partial charge in [-0.3, -0.25) is 9.59 Å². The SMILES string of the molecule is C/C=C\CC(O)/C=C\C1C(CC)CC(=O)C1C/C=C/CCCC(=O)O. The van der Waals surface area contributed by atoms with Crippen LogP contribution in [0.5, 0.6) is 0 Å². The Labute approximate surface area is 151 Å². The molecule has 0 radical (unpaired) electrons. The van der Waals surface area contributed by atoms with Crippen LogP contribution in [0.15, 0.2) is 36.5 Å². The van der Waals surface area contributed by atoms with E-state index in [0.29, 0.717) is 37.4 Å². The summed E-state index contributed by atoms with van der Waals surface area (Å²) >= 11 is 0. The molecule has 1 aliphatic carbocycles. The van der Waals surface area contributed by atoms with Crippen LogP contribution in [-0.2, 0) is 9.59 Å². The number of aliphatic hydroxyl groups excluding tert-OH is 1. The Hall–Kier alpha value is -1.68. The largest absolute Gasteiger partial charge is 0.481 e. The van der Waals surface area contributed by atoms with Gasteiger partial charge in [0.15, 0.2) is 0 Å². The zero-order chi connectivity index (χ0) is 18.7. The van der Waals surface area contributed by atoms with E-state index in [1.54, 1.807) is 0 Å². The van der Waals surface area contributed by atoms with E-state index in [1.165, 1.54) is 0 Å². The highest BCUT2D eigenvalue weighted by molar-refractivity contribution is 5.84. The van der Waals surface area contributed by atoms with Gasteiger partial charge < -0.3 is 10.2 Å². The zero-order valence-electron chi connectivity index (χ0n) is 15.4. The molecule has 4 nitrogen and oxygen atoms in total. The fraction of sp³-hybridized carbons (Fsp3) is 0.619. The van der Waals surface area contributed by atoms with Crippen molar-refractivity contribution in [2.75, 3.05) is 0 Å². The Morgan fingerprint density at radius 3 is 2.72 bits per heavy atom. The van der Waals surface area contributed by atoms with Crippen molar-refractivity contribution in [2.45, 2.75) is 64.9 Å². The lowest BCUT2D eigenvalue weighted by molar-refractivity contribution is -0.137. The van der Waals surface area contributed by atoms with Gasteiger partial charge >= 0.3 is 5.97 Å². The van der Waals surface area contributed by atoms with Crippen molar-refractivity contribution in [3.05, 3.63) is 36.5 Å². The predicted molar refractivity (Wildman–Crippen MR) is 100 cm³/mol. The van der Waals surface area contributed by atoms with E-state index in [9.17, 15) is 14.7 Å². The Balaban J connectivity index is 2.61. The molecule has 4 atom stereocenters. The maximum absolute atomic E-state index is 12.4. The lowest BCUT2D eigenvalue weighted by Crippen LogP contribution is -2.16. The average molecular weight is 348 g/mol. The van der Waals surface area contributed by atoms with Gasteiger partial charge in [0.25, 0.3) is 0 Å². The molecule has 0 aromatic rings. The summed E-state index contributed by atoms with van der Waals surface area (Å²) < 4.78 is 0. The highest BCUT2D eigenvalue weighted by Crippen LogP contribution is 2.39. The van der Waals surface area contributed by atoms with E-state index in [0.717, 1.165) is 12.8 Å². The molecule has 0 aromatic heterocycles. The number of carbonyl (C=O) groups excluding carboxylic acids is 1. The molecule has 1 fully saturated rings. The first-order valence-electron chi connectivity index (χ1n) is 9.36. The molecular weight excluding hydrogens is 316 g/mol. The molecule has 2 N–H and O–H groups in total. The van der Waals surface area contributed by atoms with E-state index in [4.69, 9.17) is 5.11 Å². The fourth-order valence-corrected chi connectivity index (χ4v) is 3.43. The number of aliphatic carboxylic acids is 1. The smallest absolute Gasteiger partial charge is 0.303 e. The van der Waals surface area contributed by atoms with E-state index in [-0.39, 0.29) is 18.3 Å². The highest BCUT2D eigenvalue weighted by Gasteiger charge is 2.38. The number of ketones is 1. The fourth-order valence-electron chi connectivity index (χ4n) is 3.43. The summed E-state index contributed by atoms with van der Waals surface area (Å²) in [6.45, 7) is 4.04. The van der Waals surface area contributed by atoms with Crippen LogP contribution >= 0.6 is 0 Å². The number of Topliss-reactive ketones (excluding diaryl/α,β-unsaturated/α-hetero) is 1. The first-order valence-corrected chi connectivity index (χ1v) is 9.36. The van der Waals surface area contributed by atoms with E-state index < -0.39 is 12.1 Å². The molecule has 0 aromatic carbocycles. The van der Waals surface area contributed by atoms with E-state index in [1.807, 2.05) is 43.4 Å². The van der Waals surface area contributed by atoms with Gasteiger partial charge in [-0.15, -0.1) is 0 Å². The summed E-state index contributed by atoms with van der Waals surface area (Å²) in [4.78, 5) is 22.8. The summed E-state index contributed by atoms with van der Waals surface area (Å²) in [5.74, 6) is 0.0433. The van der Waals surface area contributed by atoms with E-state index in [2.05, 4.69) is 6.92 Å². The minimum Gasteiger partial charge on any atom is -0.481 e. The van der Waals surface area contributed by atoms with Crippen molar-refractivity contribution < 1.29 is 19.8 Å². The van der Waals surface area contributed by atoms with Crippen LogP contribution in [0, 0.1) is 17.8 Å². The second-order valence-electron chi connectivity index (χ2n) is 6.77. The third kappa shape index (κ3) is 7.82. The minimum atomic E-state index is -0.771. The van der Waals surface area contributed by atoms with Gasteiger partial charge in [-0.2, -0.15) is 0 Å². The summed E-state index contributed by atoms with van der Waals surface area (Å²) in [7, 11) is 0. The maximum atomic E-state index is 12.4. The number of allylic oxidation sites excluding steroid dienone is 4. The second-order valence-corrected chi connectivity index (χ2v) is 6.77. The molecule has 0 saturated heterocycles. The Morgan fingerprint density at radius 1 is 1.32 bits per heavy atom. The molecule has 0 spiro atoms. The molecule has 1 saturated carbocycles. The monoisotopic (exact) mass is 348 g/mol. The van der Waals surface area contributed by atoms with Gasteiger partial charge in [-0.1, -0.05) is 49.8 Å². The lowest BCUT2D eigenvalue weighted by Gasteiger charge is -2.19. The number of hydrogen-bond acceptors (Lipinski definition) is 3. The van der Waals surface area contributed by atoms with Crippen molar-refractivity contribution in [2.24, 2.45) is 17.8 Å². The topological polar surface area (TPSA) is 74.6 Å². The molecular formula is C21H32O4. The van der Waals surface area contributed by atoms with Crippen molar-refractivity contribution in [3.8, 4) is 0 Å². The third-order valence-electron chi connectivity index (χ3n) is 4.90. The van der Waals surface area contributed by atoms with Crippen LogP contribution in [0.1, 0.15) is 58.8 Å². The maximum Gasteiger partial charge on any atom is 0.303 e. The quantitative estimate of drug-likeness (QED) is 0.431. The third-order valence-corrected chi connectivity index (χ3v) is 4.90. The van der Waals surface area contributed by atoms with Crippen LogP contribution < -0.4 is 0 Å². The summed E-state index contributed by atoms with van der Waals surface area (Å²) in [5.41, 5.74) is 0. The van der Waals surface area contributed by atoms with Gasteiger partial charge in [-0.05, 0) is 44.4 Å². The van der Waals surface area contributed by atoms with Gasteiger partial charge in [0.2, 0.25) is 0 Å². The number of hydrogen-bond donors (Lipinski definition) is 2. The molecule has 1 aliphatic rings. The van der Waals surface area contributed by atoms with Crippen molar-refractivity contribution in [1.29, 1.82) is 0 Å². The normalized spacial score (nSPS) is 25.6. The number of rotatable bonds is 11. The van der Waals surface area contributed by atoms with Crippen LogP contribution in [0.4, 0.5) is 0 Å². The summed E-state index contributed by atoms with van der Waals surface area (Å²) in [6.07, 6.45) is 15.6. The van der Waals surface area contributed by atoms with Crippen LogP contribution in [0.3, 0.4) is 0 Å². The molecule has 25 heavy (non-hydrogen) atoms. The van der Waals surface area contributed by atoms with Gasteiger partial charge in [-0.25, -0.2) is 0 Å². The highest BCUT2D eigenvalue weighted by atomic mass is 16.4. The molecule has 1 rings (SSSR count). The first kappa shape index (κ1) is 21.4. The molecule has 0 amide bonds. The number of aliphatic hydroxyl groups is 1. The van der Waals surface area contributed by atoms with E-state index >= 15 is 0 Å². The second kappa shape index (κ2) is 11.8. The van der Waals surface area contributed by atoms with Crippen LogP contribution in [-0.4, -0.2) is 28.1 Å². The molecule has 0 bridgehead atoms. The number of unbranched alkanes of at least 4 members (excludes halogenated alkanes) is 1.